The molecule has 1 saturated carbocycles. The number of nitrogens with zero attached hydrogens (tertiary/aromatic N) is 3. The summed E-state index contributed by atoms with van der Waals surface area (Å²) in [5.74, 6) is 0.935. The van der Waals surface area contributed by atoms with Gasteiger partial charge >= 0.3 is 0 Å². The van der Waals surface area contributed by atoms with E-state index in [9.17, 15) is 0 Å². The summed E-state index contributed by atoms with van der Waals surface area (Å²) in [6, 6.07) is 0. The van der Waals surface area contributed by atoms with E-state index in [0.29, 0.717) is 5.41 Å². The number of morpholine rings is 1. The van der Waals surface area contributed by atoms with Crippen molar-refractivity contribution in [1.29, 1.82) is 0 Å². The van der Waals surface area contributed by atoms with Crippen molar-refractivity contribution >= 4 is 29.9 Å². The van der Waals surface area contributed by atoms with Crippen molar-refractivity contribution in [2.45, 2.75) is 50.5 Å². The molecule has 7 nitrogen and oxygen atoms in total. The molecule has 30 heavy (non-hydrogen) atoms. The topological polar surface area (TPSA) is 61.4 Å². The molecule has 0 aromatic carbocycles. The Balaban J connectivity index is 0.00000320. The van der Waals surface area contributed by atoms with Gasteiger partial charge < -0.3 is 25.0 Å². The van der Waals surface area contributed by atoms with Crippen LogP contribution in [0.3, 0.4) is 0 Å². The molecule has 0 spiro atoms. The van der Waals surface area contributed by atoms with Crippen molar-refractivity contribution in [3.63, 3.8) is 0 Å². The fourth-order valence-corrected chi connectivity index (χ4v) is 5.20. The molecular weight excluding hydrogens is 493 g/mol. The van der Waals surface area contributed by atoms with E-state index < -0.39 is 0 Å². The van der Waals surface area contributed by atoms with E-state index in [1.54, 1.807) is 0 Å². The number of halogens is 1. The van der Waals surface area contributed by atoms with Gasteiger partial charge in [-0.25, -0.2) is 0 Å². The summed E-state index contributed by atoms with van der Waals surface area (Å²) in [5.41, 5.74) is 0.497. The maximum absolute atomic E-state index is 5.61. The Morgan fingerprint density at radius 2 is 1.50 bits per heavy atom. The number of rotatable bonds is 7. The largest absolute Gasteiger partial charge is 0.381 e. The van der Waals surface area contributed by atoms with Crippen molar-refractivity contribution in [3.05, 3.63) is 0 Å². The van der Waals surface area contributed by atoms with Gasteiger partial charge in [0.2, 0.25) is 0 Å². The van der Waals surface area contributed by atoms with Crippen LogP contribution in [0.2, 0.25) is 0 Å². The van der Waals surface area contributed by atoms with E-state index >= 15 is 0 Å². The molecular formula is C22H44IN5O2. The SMILES string of the molecule is CN=C(NCC1(CN2CCOCC2)CCCCC1)NCC1(N(C)C)CCOCC1.I. The summed E-state index contributed by atoms with van der Waals surface area (Å²) in [6.07, 6.45) is 8.82. The first-order chi connectivity index (χ1) is 14.1. The van der Waals surface area contributed by atoms with Crippen molar-refractivity contribution in [2.24, 2.45) is 10.4 Å². The summed E-state index contributed by atoms with van der Waals surface area (Å²) in [7, 11) is 6.25. The quantitative estimate of drug-likeness (QED) is 0.295. The van der Waals surface area contributed by atoms with Crippen molar-refractivity contribution in [3.8, 4) is 0 Å². The minimum absolute atomic E-state index is 0. The minimum Gasteiger partial charge on any atom is -0.381 e. The van der Waals surface area contributed by atoms with Crippen molar-refractivity contribution in [2.75, 3.05) is 80.3 Å². The van der Waals surface area contributed by atoms with Crippen LogP contribution in [-0.4, -0.2) is 102 Å². The number of ether oxygens (including phenoxy) is 2. The number of likely N-dealkylation sites (N-methyl/N-ethyl adjacent to an activating group) is 1. The number of nitrogens with one attached hydrogen (secondary N) is 2. The third kappa shape index (κ3) is 7.18. The molecule has 2 saturated heterocycles. The van der Waals surface area contributed by atoms with Gasteiger partial charge in [0.25, 0.3) is 0 Å². The number of hydrogen-bond acceptors (Lipinski definition) is 5. The lowest BCUT2D eigenvalue weighted by Crippen LogP contribution is -2.58. The number of hydrogen-bond donors (Lipinski definition) is 2. The standard InChI is InChI=1S/C22H43N5O2.HI/c1-23-20(25-18-22(26(2)3)9-13-28-14-10-22)24-17-21(7-5-4-6-8-21)19-27-11-15-29-16-12-27;/h4-19H2,1-3H3,(H2,23,24,25);1H. The van der Waals surface area contributed by atoms with Crippen molar-refractivity contribution in [1.82, 2.24) is 20.4 Å². The summed E-state index contributed by atoms with van der Waals surface area (Å²) in [5, 5.41) is 7.33. The highest BCUT2D eigenvalue weighted by atomic mass is 127. The second kappa shape index (κ2) is 12.8. The van der Waals surface area contributed by atoms with E-state index in [4.69, 9.17) is 9.47 Å². The fourth-order valence-electron chi connectivity index (χ4n) is 5.20. The van der Waals surface area contributed by atoms with Gasteiger partial charge in [-0.3, -0.25) is 9.89 Å². The average molecular weight is 538 g/mol. The Kier molecular flexibility index (Phi) is 11.1. The summed E-state index contributed by atoms with van der Waals surface area (Å²) < 4.78 is 11.2. The predicted molar refractivity (Wildman–Crippen MR) is 134 cm³/mol. The van der Waals surface area contributed by atoms with Gasteiger partial charge in [-0.05, 0) is 39.8 Å². The molecule has 3 aliphatic rings. The highest BCUT2D eigenvalue weighted by Crippen LogP contribution is 2.36. The molecule has 0 radical (unpaired) electrons. The lowest BCUT2D eigenvalue weighted by Gasteiger charge is -2.44. The number of guanidine groups is 1. The highest BCUT2D eigenvalue weighted by Gasteiger charge is 2.36. The molecule has 0 unspecified atom stereocenters. The van der Waals surface area contributed by atoms with Crippen LogP contribution in [0.15, 0.2) is 4.99 Å². The zero-order chi connectivity index (χ0) is 20.6. The molecule has 2 aliphatic heterocycles. The van der Waals surface area contributed by atoms with Crippen LogP contribution in [0, 0.1) is 5.41 Å². The summed E-state index contributed by atoms with van der Waals surface area (Å²) in [4.78, 5) is 9.50. The Hall–Kier alpha value is -0.160. The average Bonchev–Trinajstić information content (AvgIpc) is 2.76. The van der Waals surface area contributed by atoms with Gasteiger partial charge in [0.1, 0.15) is 0 Å². The van der Waals surface area contributed by atoms with Gasteiger partial charge in [0, 0.05) is 63.9 Å². The van der Waals surface area contributed by atoms with Gasteiger partial charge in [-0.1, -0.05) is 19.3 Å². The first-order valence-corrected chi connectivity index (χ1v) is 11.6. The molecule has 0 aromatic rings. The molecule has 0 aromatic heterocycles. The summed E-state index contributed by atoms with van der Waals surface area (Å²) >= 11 is 0. The van der Waals surface area contributed by atoms with Crippen LogP contribution in [0.25, 0.3) is 0 Å². The van der Waals surface area contributed by atoms with E-state index in [-0.39, 0.29) is 29.5 Å². The van der Waals surface area contributed by atoms with Crippen LogP contribution in [0.5, 0.6) is 0 Å². The van der Waals surface area contributed by atoms with Gasteiger partial charge in [0.15, 0.2) is 5.96 Å². The molecule has 0 amide bonds. The zero-order valence-corrected chi connectivity index (χ0v) is 21.7. The minimum atomic E-state index is 0. The van der Waals surface area contributed by atoms with Gasteiger partial charge in [0.05, 0.1) is 13.2 Å². The first-order valence-electron chi connectivity index (χ1n) is 11.6. The van der Waals surface area contributed by atoms with E-state index in [1.807, 2.05) is 7.05 Å². The van der Waals surface area contributed by atoms with Crippen LogP contribution < -0.4 is 10.6 Å². The molecule has 0 bridgehead atoms. The van der Waals surface area contributed by atoms with E-state index in [1.165, 1.54) is 38.6 Å². The van der Waals surface area contributed by atoms with Gasteiger partial charge in [-0.2, -0.15) is 0 Å². The lowest BCUT2D eigenvalue weighted by atomic mass is 9.73. The molecule has 3 fully saturated rings. The second-order valence-electron chi connectivity index (χ2n) is 9.46. The Morgan fingerprint density at radius 1 is 0.900 bits per heavy atom. The van der Waals surface area contributed by atoms with Crippen LogP contribution >= 0.6 is 24.0 Å². The molecule has 3 rings (SSSR count). The molecule has 0 atom stereocenters. The molecule has 2 N–H and O–H groups in total. The molecule has 2 heterocycles. The maximum Gasteiger partial charge on any atom is 0.191 e. The van der Waals surface area contributed by atoms with E-state index in [2.05, 4.69) is 39.5 Å². The number of aliphatic imine (C=N–C) groups is 1. The lowest BCUT2D eigenvalue weighted by molar-refractivity contribution is -0.00511. The Bertz CT molecular complexity index is 514. The van der Waals surface area contributed by atoms with Crippen molar-refractivity contribution < 1.29 is 9.47 Å². The smallest absolute Gasteiger partial charge is 0.191 e. The Morgan fingerprint density at radius 3 is 2.10 bits per heavy atom. The van der Waals surface area contributed by atoms with Crippen LogP contribution in [0.1, 0.15) is 44.9 Å². The maximum atomic E-state index is 5.61. The normalized spacial score (nSPS) is 24.9. The van der Waals surface area contributed by atoms with Crippen LogP contribution in [-0.2, 0) is 9.47 Å². The molecule has 1 aliphatic carbocycles. The predicted octanol–water partition coefficient (Wildman–Crippen LogP) is 2.16. The van der Waals surface area contributed by atoms with Gasteiger partial charge in [-0.15, -0.1) is 24.0 Å². The Labute approximate surface area is 200 Å². The molecule has 176 valence electrons. The summed E-state index contributed by atoms with van der Waals surface area (Å²) in [6.45, 7) is 8.67. The second-order valence-corrected chi connectivity index (χ2v) is 9.46. The van der Waals surface area contributed by atoms with Crippen LogP contribution in [0.4, 0.5) is 0 Å². The molecule has 8 heteroatoms. The van der Waals surface area contributed by atoms with E-state index in [0.717, 1.165) is 71.4 Å². The fraction of sp³-hybridized carbons (Fsp3) is 0.955. The highest BCUT2D eigenvalue weighted by molar-refractivity contribution is 14.0. The monoisotopic (exact) mass is 537 g/mol. The first kappa shape index (κ1) is 26.1. The zero-order valence-electron chi connectivity index (χ0n) is 19.4. The third-order valence-electron chi connectivity index (χ3n) is 7.39. The third-order valence-corrected chi connectivity index (χ3v) is 7.39.